The second-order valence-corrected chi connectivity index (χ2v) is 4.07. The van der Waals surface area contributed by atoms with E-state index in [9.17, 15) is 4.79 Å². The summed E-state index contributed by atoms with van der Waals surface area (Å²) in [4.78, 5) is 11.7. The SMILES string of the molecule is C#CCCCC(=O)c1ccc(N)c(Br)c1. The van der Waals surface area contributed by atoms with Crippen LogP contribution < -0.4 is 5.73 Å². The Balaban J connectivity index is 2.67. The first-order valence-corrected chi connectivity index (χ1v) is 5.46. The predicted octanol–water partition coefficient (Wildman–Crippen LogP) is 3.02. The Kier molecular flexibility index (Phi) is 4.38. The first kappa shape index (κ1) is 11.8. The summed E-state index contributed by atoms with van der Waals surface area (Å²) in [6.45, 7) is 0. The zero-order chi connectivity index (χ0) is 11.3. The van der Waals surface area contributed by atoms with Gasteiger partial charge in [0.05, 0.1) is 0 Å². The van der Waals surface area contributed by atoms with E-state index in [4.69, 9.17) is 12.2 Å². The Morgan fingerprint density at radius 3 is 2.87 bits per heavy atom. The Hall–Kier alpha value is -1.27. The number of carbonyl (C=O) groups excluding carboxylic acids is 1. The van der Waals surface area contributed by atoms with E-state index in [1.807, 2.05) is 0 Å². The van der Waals surface area contributed by atoms with Crippen molar-refractivity contribution >= 4 is 27.4 Å². The van der Waals surface area contributed by atoms with E-state index in [0.29, 0.717) is 24.1 Å². The summed E-state index contributed by atoms with van der Waals surface area (Å²) >= 11 is 3.29. The highest BCUT2D eigenvalue weighted by atomic mass is 79.9. The number of rotatable bonds is 4. The number of benzene rings is 1. The van der Waals surface area contributed by atoms with E-state index in [1.54, 1.807) is 18.2 Å². The molecule has 0 heterocycles. The molecular formula is C12H12BrNO. The molecule has 0 atom stereocenters. The number of nitrogen functional groups attached to an aromatic ring is 1. The lowest BCUT2D eigenvalue weighted by atomic mass is 10.1. The predicted molar refractivity (Wildman–Crippen MR) is 65.6 cm³/mol. The molecular weight excluding hydrogens is 254 g/mol. The highest BCUT2D eigenvalue weighted by Crippen LogP contribution is 2.21. The lowest BCUT2D eigenvalue weighted by Crippen LogP contribution is -1.99. The molecule has 0 radical (unpaired) electrons. The minimum Gasteiger partial charge on any atom is -0.398 e. The molecule has 2 nitrogen and oxygen atoms in total. The van der Waals surface area contributed by atoms with Gasteiger partial charge in [-0.2, -0.15) is 0 Å². The van der Waals surface area contributed by atoms with Crippen molar-refractivity contribution in [2.24, 2.45) is 0 Å². The van der Waals surface area contributed by atoms with E-state index in [2.05, 4.69) is 21.9 Å². The minimum atomic E-state index is 0.103. The molecule has 1 rings (SSSR count). The number of ketones is 1. The number of carbonyl (C=O) groups is 1. The summed E-state index contributed by atoms with van der Waals surface area (Å²) in [6, 6.07) is 5.20. The Morgan fingerprint density at radius 2 is 2.27 bits per heavy atom. The van der Waals surface area contributed by atoms with Crippen molar-refractivity contribution in [2.45, 2.75) is 19.3 Å². The van der Waals surface area contributed by atoms with Gasteiger partial charge in [-0.1, -0.05) is 0 Å². The third-order valence-corrected chi connectivity index (χ3v) is 2.73. The van der Waals surface area contributed by atoms with Gasteiger partial charge >= 0.3 is 0 Å². The quantitative estimate of drug-likeness (QED) is 0.394. The van der Waals surface area contributed by atoms with Crippen LogP contribution in [0.25, 0.3) is 0 Å². The maximum atomic E-state index is 11.7. The molecule has 0 bridgehead atoms. The molecule has 0 aliphatic carbocycles. The van der Waals surface area contributed by atoms with Crippen molar-refractivity contribution in [3.05, 3.63) is 28.2 Å². The van der Waals surface area contributed by atoms with Crippen LogP contribution in [0.1, 0.15) is 29.6 Å². The maximum Gasteiger partial charge on any atom is 0.162 e. The Labute approximate surface area is 98.0 Å². The van der Waals surface area contributed by atoms with Crippen LogP contribution in [0.3, 0.4) is 0 Å². The van der Waals surface area contributed by atoms with Gasteiger partial charge in [0.15, 0.2) is 5.78 Å². The molecule has 0 spiro atoms. The molecule has 1 aromatic carbocycles. The third kappa shape index (κ3) is 3.41. The van der Waals surface area contributed by atoms with Crippen LogP contribution in [-0.4, -0.2) is 5.78 Å². The van der Waals surface area contributed by atoms with Gasteiger partial charge in [-0.25, -0.2) is 0 Å². The summed E-state index contributed by atoms with van der Waals surface area (Å²) in [5, 5.41) is 0. The minimum absolute atomic E-state index is 0.103. The van der Waals surface area contributed by atoms with Gasteiger partial charge in [-0.15, -0.1) is 12.3 Å². The Bertz CT molecular complexity index is 407. The highest BCUT2D eigenvalue weighted by Gasteiger charge is 2.06. The number of nitrogens with two attached hydrogens (primary N) is 1. The van der Waals surface area contributed by atoms with Crippen molar-refractivity contribution in [1.29, 1.82) is 0 Å². The molecule has 3 heteroatoms. The van der Waals surface area contributed by atoms with Gasteiger partial charge in [0, 0.05) is 28.6 Å². The van der Waals surface area contributed by atoms with E-state index in [1.165, 1.54) is 0 Å². The molecule has 2 N–H and O–H groups in total. The first-order valence-electron chi connectivity index (χ1n) is 4.67. The summed E-state index contributed by atoms with van der Waals surface area (Å²) in [6.07, 6.45) is 6.97. The van der Waals surface area contributed by atoms with Crippen LogP contribution in [0.2, 0.25) is 0 Å². The lowest BCUT2D eigenvalue weighted by Gasteiger charge is -2.02. The summed E-state index contributed by atoms with van der Waals surface area (Å²) in [5.41, 5.74) is 6.93. The lowest BCUT2D eigenvalue weighted by molar-refractivity contribution is 0.0980. The van der Waals surface area contributed by atoms with Crippen molar-refractivity contribution in [2.75, 3.05) is 5.73 Å². The van der Waals surface area contributed by atoms with E-state index >= 15 is 0 Å². The summed E-state index contributed by atoms with van der Waals surface area (Å²) in [5.74, 6) is 2.62. The molecule has 0 aromatic heterocycles. The van der Waals surface area contributed by atoms with Gasteiger partial charge in [0.25, 0.3) is 0 Å². The van der Waals surface area contributed by atoms with E-state index in [0.717, 1.165) is 10.9 Å². The third-order valence-electron chi connectivity index (χ3n) is 2.05. The molecule has 78 valence electrons. The fourth-order valence-electron chi connectivity index (χ4n) is 1.20. The highest BCUT2D eigenvalue weighted by molar-refractivity contribution is 9.10. The fraction of sp³-hybridized carbons (Fsp3) is 0.250. The van der Waals surface area contributed by atoms with Crippen LogP contribution >= 0.6 is 15.9 Å². The molecule has 0 saturated carbocycles. The second kappa shape index (κ2) is 5.57. The van der Waals surface area contributed by atoms with Crippen molar-refractivity contribution in [3.8, 4) is 12.3 Å². The number of hydrogen-bond acceptors (Lipinski definition) is 2. The second-order valence-electron chi connectivity index (χ2n) is 3.22. The Morgan fingerprint density at radius 1 is 1.53 bits per heavy atom. The molecule has 15 heavy (non-hydrogen) atoms. The van der Waals surface area contributed by atoms with Gasteiger partial charge in [-0.3, -0.25) is 4.79 Å². The van der Waals surface area contributed by atoms with E-state index < -0.39 is 0 Å². The average molecular weight is 266 g/mol. The smallest absolute Gasteiger partial charge is 0.162 e. The normalized spacial score (nSPS) is 9.60. The summed E-state index contributed by atoms with van der Waals surface area (Å²) in [7, 11) is 0. The fourth-order valence-corrected chi connectivity index (χ4v) is 1.57. The standard InChI is InChI=1S/C12H12BrNO/c1-2-3-4-5-12(15)9-6-7-11(14)10(13)8-9/h1,6-8H,3-5,14H2. The number of terminal acetylenes is 1. The molecule has 0 saturated heterocycles. The molecule has 1 aromatic rings. The van der Waals surface area contributed by atoms with Gasteiger partial charge in [0.1, 0.15) is 0 Å². The van der Waals surface area contributed by atoms with Crippen LogP contribution in [0.15, 0.2) is 22.7 Å². The first-order chi connectivity index (χ1) is 7.15. The number of hydrogen-bond donors (Lipinski definition) is 1. The van der Waals surface area contributed by atoms with Crippen molar-refractivity contribution in [1.82, 2.24) is 0 Å². The molecule has 0 amide bonds. The molecule has 0 fully saturated rings. The van der Waals surface area contributed by atoms with Crippen molar-refractivity contribution < 1.29 is 4.79 Å². The zero-order valence-corrected chi connectivity index (χ0v) is 9.88. The van der Waals surface area contributed by atoms with Crippen molar-refractivity contribution in [3.63, 3.8) is 0 Å². The van der Waals surface area contributed by atoms with Crippen LogP contribution in [-0.2, 0) is 0 Å². The van der Waals surface area contributed by atoms with Gasteiger partial charge < -0.3 is 5.73 Å². The van der Waals surface area contributed by atoms with E-state index in [-0.39, 0.29) is 5.78 Å². The molecule has 0 unspecified atom stereocenters. The monoisotopic (exact) mass is 265 g/mol. The molecule has 0 aliphatic heterocycles. The van der Waals surface area contributed by atoms with Crippen LogP contribution in [0.5, 0.6) is 0 Å². The number of halogens is 1. The topological polar surface area (TPSA) is 43.1 Å². The summed E-state index contributed by atoms with van der Waals surface area (Å²) < 4.78 is 0.755. The zero-order valence-electron chi connectivity index (χ0n) is 8.29. The van der Waals surface area contributed by atoms with Gasteiger partial charge in [0.2, 0.25) is 0 Å². The number of Topliss-reactive ketones (excluding diaryl/α,β-unsaturated/α-hetero) is 1. The van der Waals surface area contributed by atoms with Gasteiger partial charge in [-0.05, 0) is 40.5 Å². The average Bonchev–Trinajstić information content (AvgIpc) is 2.22. The number of unbranched alkanes of at least 4 members (excludes halogenated alkanes) is 1. The maximum absolute atomic E-state index is 11.7. The largest absolute Gasteiger partial charge is 0.398 e. The van der Waals surface area contributed by atoms with Crippen LogP contribution in [0.4, 0.5) is 5.69 Å². The molecule has 0 aliphatic rings. The number of anilines is 1. The van der Waals surface area contributed by atoms with Crippen LogP contribution in [0, 0.1) is 12.3 Å².